The Bertz CT molecular complexity index is 929. The van der Waals surface area contributed by atoms with E-state index in [1.54, 1.807) is 29.2 Å². The number of ether oxygens (including phenoxy) is 3. The zero-order valence-electron chi connectivity index (χ0n) is 16.5. The van der Waals surface area contributed by atoms with Crippen molar-refractivity contribution in [2.24, 2.45) is 5.10 Å². The van der Waals surface area contributed by atoms with Gasteiger partial charge in [0.15, 0.2) is 18.1 Å². The van der Waals surface area contributed by atoms with Crippen molar-refractivity contribution in [3.8, 4) is 11.5 Å². The summed E-state index contributed by atoms with van der Waals surface area (Å²) in [7, 11) is 1.48. The standard InChI is InChI=1S/C21H22FN3O5/c1-28-19-12-15(13-23-24-21(27)16-4-2-3-5-17(16)22)6-7-18(19)30-14-20(26)25-8-10-29-11-9-25/h2-7,12-13H,8-11,14H2,1H3,(H,24,27)/b23-13-. The SMILES string of the molecule is COc1cc(/C=N\NC(=O)c2ccccc2F)ccc1OCC(=O)N1CCOCC1. The molecule has 2 aromatic rings. The highest BCUT2D eigenvalue weighted by Gasteiger charge is 2.18. The maximum atomic E-state index is 13.6. The predicted molar refractivity (Wildman–Crippen MR) is 107 cm³/mol. The number of hydrazone groups is 1. The number of hydrogen-bond acceptors (Lipinski definition) is 6. The largest absolute Gasteiger partial charge is 0.493 e. The van der Waals surface area contributed by atoms with Gasteiger partial charge in [0.25, 0.3) is 11.8 Å². The number of carbonyl (C=O) groups excluding carboxylic acids is 2. The Hall–Kier alpha value is -3.46. The molecule has 0 aliphatic carbocycles. The van der Waals surface area contributed by atoms with Gasteiger partial charge in [-0.25, -0.2) is 9.82 Å². The van der Waals surface area contributed by atoms with Gasteiger partial charge in [0.05, 0.1) is 32.1 Å². The monoisotopic (exact) mass is 415 g/mol. The number of benzene rings is 2. The maximum absolute atomic E-state index is 13.6. The molecule has 0 unspecified atom stereocenters. The summed E-state index contributed by atoms with van der Waals surface area (Å²) >= 11 is 0. The van der Waals surface area contributed by atoms with Gasteiger partial charge in [-0.1, -0.05) is 12.1 Å². The highest BCUT2D eigenvalue weighted by Crippen LogP contribution is 2.27. The molecule has 1 N–H and O–H groups in total. The highest BCUT2D eigenvalue weighted by atomic mass is 19.1. The van der Waals surface area contributed by atoms with Gasteiger partial charge in [-0.2, -0.15) is 5.10 Å². The fourth-order valence-electron chi connectivity index (χ4n) is 2.80. The normalized spacial score (nSPS) is 13.9. The zero-order valence-corrected chi connectivity index (χ0v) is 16.5. The number of hydrogen-bond donors (Lipinski definition) is 1. The molecule has 0 spiro atoms. The van der Waals surface area contributed by atoms with E-state index in [1.807, 2.05) is 0 Å². The van der Waals surface area contributed by atoms with Gasteiger partial charge in [-0.15, -0.1) is 0 Å². The molecule has 9 heteroatoms. The molecule has 0 radical (unpaired) electrons. The van der Waals surface area contributed by atoms with Crippen LogP contribution in [0.15, 0.2) is 47.6 Å². The van der Waals surface area contributed by atoms with Crippen molar-refractivity contribution >= 4 is 18.0 Å². The van der Waals surface area contributed by atoms with Crippen LogP contribution in [-0.4, -0.2) is 62.9 Å². The van der Waals surface area contributed by atoms with Crippen LogP contribution >= 0.6 is 0 Å². The van der Waals surface area contributed by atoms with Crippen molar-refractivity contribution in [2.45, 2.75) is 0 Å². The smallest absolute Gasteiger partial charge is 0.274 e. The van der Waals surface area contributed by atoms with Gasteiger partial charge in [-0.05, 0) is 35.9 Å². The lowest BCUT2D eigenvalue weighted by Crippen LogP contribution is -2.43. The molecule has 0 saturated carbocycles. The quantitative estimate of drug-likeness (QED) is 0.551. The minimum Gasteiger partial charge on any atom is -0.493 e. The van der Waals surface area contributed by atoms with Crippen molar-refractivity contribution in [1.29, 1.82) is 0 Å². The molecule has 1 saturated heterocycles. The van der Waals surface area contributed by atoms with Crippen LogP contribution in [0.3, 0.4) is 0 Å². The minimum absolute atomic E-state index is 0.0964. The second-order valence-electron chi connectivity index (χ2n) is 6.37. The second-order valence-corrected chi connectivity index (χ2v) is 6.37. The molecular formula is C21H22FN3O5. The molecule has 2 aromatic carbocycles. The van der Waals surface area contributed by atoms with Crippen LogP contribution in [0.4, 0.5) is 4.39 Å². The van der Waals surface area contributed by atoms with Crippen molar-refractivity contribution < 1.29 is 28.2 Å². The Morgan fingerprint density at radius 1 is 1.20 bits per heavy atom. The van der Waals surface area contributed by atoms with Crippen LogP contribution in [0.2, 0.25) is 0 Å². The van der Waals surface area contributed by atoms with Crippen molar-refractivity contribution in [3.05, 3.63) is 59.4 Å². The Kier molecular flexibility index (Phi) is 7.34. The molecule has 0 bridgehead atoms. The number of amides is 2. The van der Waals surface area contributed by atoms with Gasteiger partial charge in [-0.3, -0.25) is 9.59 Å². The topological polar surface area (TPSA) is 89.5 Å². The van der Waals surface area contributed by atoms with E-state index in [9.17, 15) is 14.0 Å². The first-order valence-electron chi connectivity index (χ1n) is 9.33. The molecule has 158 valence electrons. The molecule has 2 amide bonds. The first kappa shape index (κ1) is 21.3. The van der Waals surface area contributed by atoms with Crippen molar-refractivity contribution in [2.75, 3.05) is 40.0 Å². The molecule has 1 aliphatic heterocycles. The highest BCUT2D eigenvalue weighted by molar-refractivity contribution is 5.95. The zero-order chi connectivity index (χ0) is 21.3. The third kappa shape index (κ3) is 5.54. The average molecular weight is 415 g/mol. The fraction of sp³-hybridized carbons (Fsp3) is 0.286. The minimum atomic E-state index is -0.655. The van der Waals surface area contributed by atoms with E-state index in [-0.39, 0.29) is 18.1 Å². The van der Waals surface area contributed by atoms with Crippen LogP contribution in [0.1, 0.15) is 15.9 Å². The lowest BCUT2D eigenvalue weighted by molar-refractivity contribution is -0.137. The number of morpholine rings is 1. The Labute approximate surface area is 173 Å². The molecule has 8 nitrogen and oxygen atoms in total. The van der Waals surface area contributed by atoms with Crippen molar-refractivity contribution in [3.63, 3.8) is 0 Å². The van der Waals surface area contributed by atoms with Gasteiger partial charge in [0.2, 0.25) is 0 Å². The summed E-state index contributed by atoms with van der Waals surface area (Å²) in [6.07, 6.45) is 1.39. The summed E-state index contributed by atoms with van der Waals surface area (Å²) in [5.41, 5.74) is 2.80. The molecule has 1 heterocycles. The summed E-state index contributed by atoms with van der Waals surface area (Å²) in [4.78, 5) is 25.8. The van der Waals surface area contributed by atoms with Crippen LogP contribution in [0.25, 0.3) is 0 Å². The number of nitrogens with one attached hydrogen (secondary N) is 1. The molecule has 1 aliphatic rings. The number of nitrogens with zero attached hydrogens (tertiary/aromatic N) is 2. The van der Waals surface area contributed by atoms with Crippen molar-refractivity contribution in [1.82, 2.24) is 10.3 Å². The number of methoxy groups -OCH3 is 1. The average Bonchev–Trinajstić information content (AvgIpc) is 2.78. The van der Waals surface area contributed by atoms with E-state index in [4.69, 9.17) is 14.2 Å². The summed E-state index contributed by atoms with van der Waals surface area (Å²) < 4.78 is 29.7. The molecule has 0 atom stereocenters. The lowest BCUT2D eigenvalue weighted by Gasteiger charge is -2.26. The van der Waals surface area contributed by atoms with Crippen LogP contribution in [0, 0.1) is 5.82 Å². The third-order valence-electron chi connectivity index (χ3n) is 4.40. The van der Waals surface area contributed by atoms with Gasteiger partial charge in [0, 0.05) is 13.1 Å². The van der Waals surface area contributed by atoms with Gasteiger partial charge in [0.1, 0.15) is 5.82 Å². The van der Waals surface area contributed by atoms with Crippen LogP contribution in [0.5, 0.6) is 11.5 Å². The van der Waals surface area contributed by atoms with E-state index in [0.717, 1.165) is 0 Å². The first-order valence-corrected chi connectivity index (χ1v) is 9.33. The van der Waals surface area contributed by atoms with E-state index < -0.39 is 11.7 Å². The Morgan fingerprint density at radius 3 is 2.70 bits per heavy atom. The van der Waals surface area contributed by atoms with E-state index in [2.05, 4.69) is 10.5 Å². The van der Waals surface area contributed by atoms with Gasteiger partial charge < -0.3 is 19.1 Å². The Balaban J connectivity index is 1.58. The number of rotatable bonds is 7. The number of carbonyl (C=O) groups is 2. The maximum Gasteiger partial charge on any atom is 0.274 e. The fourth-order valence-corrected chi connectivity index (χ4v) is 2.80. The van der Waals surface area contributed by atoms with Crippen LogP contribution < -0.4 is 14.9 Å². The summed E-state index contributed by atoms with van der Waals surface area (Å²) in [6.45, 7) is 2.04. The molecule has 30 heavy (non-hydrogen) atoms. The summed E-state index contributed by atoms with van der Waals surface area (Å²) in [5, 5.41) is 3.84. The molecular weight excluding hydrogens is 393 g/mol. The van der Waals surface area contributed by atoms with E-state index >= 15 is 0 Å². The summed E-state index contributed by atoms with van der Waals surface area (Å²) in [6, 6.07) is 10.6. The third-order valence-corrected chi connectivity index (χ3v) is 4.40. The lowest BCUT2D eigenvalue weighted by atomic mass is 10.2. The predicted octanol–water partition coefficient (Wildman–Crippen LogP) is 1.84. The second kappa shape index (κ2) is 10.4. The van der Waals surface area contributed by atoms with E-state index in [1.165, 1.54) is 31.5 Å². The van der Waals surface area contributed by atoms with Crippen LogP contribution in [-0.2, 0) is 9.53 Å². The number of halogens is 1. The first-order chi connectivity index (χ1) is 14.6. The molecule has 0 aromatic heterocycles. The summed E-state index contributed by atoms with van der Waals surface area (Å²) in [5.74, 6) is -0.583. The molecule has 3 rings (SSSR count). The van der Waals surface area contributed by atoms with Gasteiger partial charge >= 0.3 is 0 Å². The Morgan fingerprint density at radius 2 is 1.97 bits per heavy atom. The molecule has 1 fully saturated rings. The van der Waals surface area contributed by atoms with E-state index in [0.29, 0.717) is 43.4 Å².